The third-order valence-corrected chi connectivity index (χ3v) is 3.03. The molecule has 90 valence electrons. The van der Waals surface area contributed by atoms with Crippen LogP contribution in [0.5, 0.6) is 0 Å². The predicted molar refractivity (Wildman–Crippen MR) is 63.1 cm³/mol. The van der Waals surface area contributed by atoms with Gasteiger partial charge in [0.15, 0.2) is 0 Å². The zero-order chi connectivity index (χ0) is 11.1. The number of aromatic nitrogens is 2. The Morgan fingerprint density at radius 3 is 3.00 bits per heavy atom. The molecule has 1 heterocycles. The molecule has 0 atom stereocenters. The standard InChI is InChI=1S/C12H21N3O/c1-2-4-11(5-3-1)16-9-8-13-10-12-14-6-7-15-12/h6-7,11,13H,1-5,8-10H2,(H,14,15). The van der Waals surface area contributed by atoms with Crippen molar-refractivity contribution in [2.45, 2.75) is 44.8 Å². The second-order valence-corrected chi connectivity index (χ2v) is 4.34. The van der Waals surface area contributed by atoms with E-state index in [9.17, 15) is 0 Å². The van der Waals surface area contributed by atoms with E-state index < -0.39 is 0 Å². The normalized spacial score (nSPS) is 17.8. The van der Waals surface area contributed by atoms with Gasteiger partial charge in [0.1, 0.15) is 5.82 Å². The predicted octanol–water partition coefficient (Wildman–Crippen LogP) is 1.85. The summed E-state index contributed by atoms with van der Waals surface area (Å²) < 4.78 is 5.81. The van der Waals surface area contributed by atoms with Gasteiger partial charge in [0.2, 0.25) is 0 Å². The molecule has 1 aromatic rings. The van der Waals surface area contributed by atoms with Crippen LogP contribution in [0, 0.1) is 0 Å². The first-order chi connectivity index (χ1) is 7.95. The number of nitrogens with zero attached hydrogens (tertiary/aromatic N) is 1. The number of rotatable bonds is 6. The molecule has 0 aromatic carbocycles. The molecule has 0 unspecified atom stereocenters. The molecule has 0 bridgehead atoms. The van der Waals surface area contributed by atoms with Crippen LogP contribution in [0.15, 0.2) is 12.4 Å². The van der Waals surface area contributed by atoms with Crippen molar-refractivity contribution in [1.29, 1.82) is 0 Å². The molecule has 0 saturated heterocycles. The van der Waals surface area contributed by atoms with Crippen LogP contribution in [-0.2, 0) is 11.3 Å². The maximum absolute atomic E-state index is 5.81. The van der Waals surface area contributed by atoms with Crippen LogP contribution in [0.2, 0.25) is 0 Å². The summed E-state index contributed by atoms with van der Waals surface area (Å²) in [6, 6.07) is 0. The largest absolute Gasteiger partial charge is 0.377 e. The number of hydrogen-bond acceptors (Lipinski definition) is 3. The van der Waals surface area contributed by atoms with Crippen molar-refractivity contribution in [2.75, 3.05) is 13.2 Å². The average Bonchev–Trinajstić information content (AvgIpc) is 2.83. The molecule has 1 fully saturated rings. The molecule has 2 N–H and O–H groups in total. The molecule has 2 rings (SSSR count). The van der Waals surface area contributed by atoms with Gasteiger partial charge in [-0.3, -0.25) is 0 Å². The van der Waals surface area contributed by atoms with E-state index in [2.05, 4.69) is 15.3 Å². The Hall–Kier alpha value is -0.870. The average molecular weight is 223 g/mol. The van der Waals surface area contributed by atoms with E-state index in [1.165, 1.54) is 32.1 Å². The third-order valence-electron chi connectivity index (χ3n) is 3.03. The zero-order valence-corrected chi connectivity index (χ0v) is 9.74. The summed E-state index contributed by atoms with van der Waals surface area (Å²) in [5, 5.41) is 3.31. The second kappa shape index (κ2) is 6.66. The van der Waals surface area contributed by atoms with Crippen molar-refractivity contribution < 1.29 is 4.74 Å². The Morgan fingerprint density at radius 2 is 2.25 bits per heavy atom. The van der Waals surface area contributed by atoms with Gasteiger partial charge in [-0.25, -0.2) is 4.98 Å². The van der Waals surface area contributed by atoms with Crippen molar-refractivity contribution in [3.8, 4) is 0 Å². The summed E-state index contributed by atoms with van der Waals surface area (Å²) in [5.74, 6) is 0.984. The van der Waals surface area contributed by atoms with Gasteiger partial charge in [0.25, 0.3) is 0 Å². The Kier molecular flexibility index (Phi) is 4.83. The number of ether oxygens (including phenoxy) is 1. The lowest BCUT2D eigenvalue weighted by Gasteiger charge is -2.21. The molecule has 0 spiro atoms. The van der Waals surface area contributed by atoms with E-state index >= 15 is 0 Å². The molecule has 0 radical (unpaired) electrons. The molecule has 1 saturated carbocycles. The minimum atomic E-state index is 0.513. The topological polar surface area (TPSA) is 49.9 Å². The molecular formula is C12H21N3O. The van der Waals surface area contributed by atoms with E-state index in [-0.39, 0.29) is 0 Å². The highest BCUT2D eigenvalue weighted by molar-refractivity contribution is 4.85. The minimum absolute atomic E-state index is 0.513. The molecule has 16 heavy (non-hydrogen) atoms. The molecule has 0 aliphatic heterocycles. The van der Waals surface area contributed by atoms with Crippen molar-refractivity contribution in [1.82, 2.24) is 15.3 Å². The Bertz CT molecular complexity index is 268. The van der Waals surface area contributed by atoms with E-state index in [1.54, 1.807) is 6.20 Å². The van der Waals surface area contributed by atoms with Gasteiger partial charge in [-0.15, -0.1) is 0 Å². The van der Waals surface area contributed by atoms with Gasteiger partial charge in [0, 0.05) is 18.9 Å². The molecule has 1 aromatic heterocycles. The molecule has 0 amide bonds. The Labute approximate surface area is 96.8 Å². The van der Waals surface area contributed by atoms with Crippen LogP contribution in [0.1, 0.15) is 37.9 Å². The third kappa shape index (κ3) is 3.94. The van der Waals surface area contributed by atoms with E-state index in [4.69, 9.17) is 4.74 Å². The first-order valence-corrected chi connectivity index (χ1v) is 6.26. The molecule has 4 heteroatoms. The number of H-pyrrole nitrogens is 1. The molecule has 1 aliphatic carbocycles. The maximum atomic E-state index is 5.81. The van der Waals surface area contributed by atoms with Gasteiger partial charge in [0.05, 0.1) is 19.3 Å². The number of hydrogen-bond donors (Lipinski definition) is 2. The quantitative estimate of drug-likeness (QED) is 0.724. The first-order valence-electron chi connectivity index (χ1n) is 6.26. The summed E-state index contributed by atoms with van der Waals surface area (Å²) >= 11 is 0. The lowest BCUT2D eigenvalue weighted by Crippen LogP contribution is -2.24. The van der Waals surface area contributed by atoms with Crippen LogP contribution < -0.4 is 5.32 Å². The van der Waals surface area contributed by atoms with Crippen molar-refractivity contribution in [3.63, 3.8) is 0 Å². The van der Waals surface area contributed by atoms with E-state index in [0.29, 0.717) is 6.10 Å². The highest BCUT2D eigenvalue weighted by atomic mass is 16.5. The number of aromatic amines is 1. The van der Waals surface area contributed by atoms with Crippen molar-refractivity contribution >= 4 is 0 Å². The lowest BCUT2D eigenvalue weighted by atomic mass is 9.98. The fourth-order valence-corrected chi connectivity index (χ4v) is 2.13. The fourth-order valence-electron chi connectivity index (χ4n) is 2.13. The summed E-state index contributed by atoms with van der Waals surface area (Å²) in [6.45, 7) is 2.50. The van der Waals surface area contributed by atoms with Gasteiger partial charge in [-0.05, 0) is 12.8 Å². The van der Waals surface area contributed by atoms with Gasteiger partial charge >= 0.3 is 0 Å². The molecule has 4 nitrogen and oxygen atoms in total. The fraction of sp³-hybridized carbons (Fsp3) is 0.750. The Balaban J connectivity index is 1.48. The highest BCUT2D eigenvalue weighted by Crippen LogP contribution is 2.19. The van der Waals surface area contributed by atoms with E-state index in [1.807, 2.05) is 6.20 Å². The minimum Gasteiger partial charge on any atom is -0.377 e. The zero-order valence-electron chi connectivity index (χ0n) is 9.74. The van der Waals surface area contributed by atoms with Crippen molar-refractivity contribution in [2.24, 2.45) is 0 Å². The van der Waals surface area contributed by atoms with Crippen LogP contribution in [-0.4, -0.2) is 29.2 Å². The van der Waals surface area contributed by atoms with Crippen LogP contribution >= 0.6 is 0 Å². The summed E-state index contributed by atoms with van der Waals surface area (Å²) in [7, 11) is 0. The van der Waals surface area contributed by atoms with Crippen LogP contribution in [0.4, 0.5) is 0 Å². The monoisotopic (exact) mass is 223 g/mol. The number of nitrogens with one attached hydrogen (secondary N) is 2. The first kappa shape index (κ1) is 11.6. The van der Waals surface area contributed by atoms with Gasteiger partial charge in [-0.2, -0.15) is 0 Å². The number of imidazole rings is 1. The summed E-state index contributed by atoms with van der Waals surface area (Å²) in [6.07, 6.45) is 10.7. The SMILES string of the molecule is c1c[nH]c(CNCCOC2CCCCC2)n1. The summed E-state index contributed by atoms with van der Waals surface area (Å²) in [4.78, 5) is 7.21. The highest BCUT2D eigenvalue weighted by Gasteiger charge is 2.12. The molecule has 1 aliphatic rings. The maximum Gasteiger partial charge on any atom is 0.120 e. The van der Waals surface area contributed by atoms with Gasteiger partial charge < -0.3 is 15.0 Å². The smallest absolute Gasteiger partial charge is 0.120 e. The second-order valence-electron chi connectivity index (χ2n) is 4.34. The van der Waals surface area contributed by atoms with Crippen LogP contribution in [0.3, 0.4) is 0 Å². The Morgan fingerprint density at radius 1 is 1.38 bits per heavy atom. The summed E-state index contributed by atoms with van der Waals surface area (Å²) in [5.41, 5.74) is 0. The van der Waals surface area contributed by atoms with Gasteiger partial charge in [-0.1, -0.05) is 19.3 Å². The molecular weight excluding hydrogens is 202 g/mol. The van der Waals surface area contributed by atoms with Crippen molar-refractivity contribution in [3.05, 3.63) is 18.2 Å². The lowest BCUT2D eigenvalue weighted by molar-refractivity contribution is 0.0302. The van der Waals surface area contributed by atoms with Crippen LogP contribution in [0.25, 0.3) is 0 Å². The van der Waals surface area contributed by atoms with E-state index in [0.717, 1.165) is 25.5 Å².